The van der Waals surface area contributed by atoms with Gasteiger partial charge in [0, 0.05) is 29.1 Å². The van der Waals surface area contributed by atoms with Crippen molar-refractivity contribution in [2.75, 3.05) is 11.9 Å². The van der Waals surface area contributed by atoms with Crippen molar-refractivity contribution in [3.63, 3.8) is 0 Å². The highest BCUT2D eigenvalue weighted by atomic mass is 32.2. The van der Waals surface area contributed by atoms with Crippen LogP contribution in [0.15, 0.2) is 52.3 Å². The fourth-order valence-electron chi connectivity index (χ4n) is 4.05. The predicted molar refractivity (Wildman–Crippen MR) is 119 cm³/mol. The van der Waals surface area contributed by atoms with E-state index < -0.39 is 0 Å². The molecule has 156 valence electrons. The molecule has 2 amide bonds. The number of thioether (sulfide) groups is 1. The minimum absolute atomic E-state index is 0.102. The van der Waals surface area contributed by atoms with E-state index in [1.54, 1.807) is 43.5 Å². The van der Waals surface area contributed by atoms with Gasteiger partial charge in [-0.25, -0.2) is 4.39 Å². The van der Waals surface area contributed by atoms with Crippen LogP contribution in [0.2, 0.25) is 0 Å². The van der Waals surface area contributed by atoms with Crippen LogP contribution in [0, 0.1) is 11.7 Å². The number of nitrogens with zero attached hydrogens (tertiary/aromatic N) is 1. The summed E-state index contributed by atoms with van der Waals surface area (Å²) in [5.74, 6) is -0.202. The summed E-state index contributed by atoms with van der Waals surface area (Å²) in [4.78, 5) is 28.5. The summed E-state index contributed by atoms with van der Waals surface area (Å²) < 4.78 is 14.0. The Balaban J connectivity index is 1.57. The first-order chi connectivity index (χ1) is 14.4. The molecule has 2 aromatic rings. The summed E-state index contributed by atoms with van der Waals surface area (Å²) in [5, 5.41) is 3.16. The topological polar surface area (TPSA) is 49.4 Å². The maximum Gasteiger partial charge on any atom is 0.264 e. The van der Waals surface area contributed by atoms with E-state index in [-0.39, 0.29) is 23.7 Å². The lowest BCUT2D eigenvalue weighted by Crippen LogP contribution is -2.41. The minimum Gasteiger partial charge on any atom is -0.349 e. The molecule has 0 spiro atoms. The van der Waals surface area contributed by atoms with E-state index >= 15 is 0 Å². The van der Waals surface area contributed by atoms with Gasteiger partial charge in [0.1, 0.15) is 5.82 Å². The van der Waals surface area contributed by atoms with Crippen LogP contribution in [-0.2, 0) is 4.79 Å². The van der Waals surface area contributed by atoms with Crippen LogP contribution >= 0.6 is 11.8 Å². The molecule has 1 aliphatic carbocycles. The average molecular weight is 425 g/mol. The lowest BCUT2D eigenvalue weighted by atomic mass is 9.86. The molecular formula is C24H25FN2O2S. The molecule has 2 aliphatic rings. The molecule has 2 aromatic carbocycles. The molecule has 1 fully saturated rings. The molecule has 1 saturated carbocycles. The van der Waals surface area contributed by atoms with Crippen LogP contribution in [0.3, 0.4) is 0 Å². The third-order valence-corrected chi connectivity index (χ3v) is 7.02. The van der Waals surface area contributed by atoms with Gasteiger partial charge >= 0.3 is 0 Å². The van der Waals surface area contributed by atoms with Gasteiger partial charge < -0.3 is 10.2 Å². The number of amides is 2. The molecule has 0 bridgehead atoms. The Bertz CT molecular complexity index is 1020. The normalized spacial score (nSPS) is 22.7. The Kier molecular flexibility index (Phi) is 5.95. The Hall–Kier alpha value is -2.60. The Morgan fingerprint density at radius 1 is 1.20 bits per heavy atom. The smallest absolute Gasteiger partial charge is 0.264 e. The molecule has 0 unspecified atom stereocenters. The Morgan fingerprint density at radius 2 is 1.97 bits per heavy atom. The number of fused-ring (bicyclic) bond motifs is 1. The fraction of sp³-hybridized carbons (Fsp3) is 0.333. The first kappa shape index (κ1) is 20.7. The zero-order valence-corrected chi connectivity index (χ0v) is 18.0. The van der Waals surface area contributed by atoms with Crippen molar-refractivity contribution in [2.24, 2.45) is 5.92 Å². The van der Waals surface area contributed by atoms with E-state index in [0.29, 0.717) is 27.6 Å². The van der Waals surface area contributed by atoms with Crippen LogP contribution < -0.4 is 10.2 Å². The van der Waals surface area contributed by atoms with Crippen LogP contribution in [0.1, 0.15) is 48.5 Å². The van der Waals surface area contributed by atoms with Crippen molar-refractivity contribution in [3.8, 4) is 0 Å². The summed E-state index contributed by atoms with van der Waals surface area (Å²) in [6.07, 6.45) is 6.09. The third kappa shape index (κ3) is 4.15. The molecular weight excluding hydrogens is 399 g/mol. The lowest BCUT2D eigenvalue weighted by Gasteiger charge is -2.30. The molecule has 6 heteroatoms. The van der Waals surface area contributed by atoms with E-state index in [9.17, 15) is 14.0 Å². The molecule has 30 heavy (non-hydrogen) atoms. The summed E-state index contributed by atoms with van der Waals surface area (Å²) >= 11 is 1.30. The van der Waals surface area contributed by atoms with Crippen LogP contribution in [0.5, 0.6) is 0 Å². The monoisotopic (exact) mass is 424 g/mol. The number of hydrogen-bond donors (Lipinski definition) is 1. The minimum atomic E-state index is -0.365. The van der Waals surface area contributed by atoms with E-state index in [0.717, 1.165) is 24.2 Å². The molecule has 1 N–H and O–H groups in total. The molecule has 2 atom stereocenters. The molecule has 4 rings (SSSR count). The number of halogens is 1. The van der Waals surface area contributed by atoms with Gasteiger partial charge in [0.2, 0.25) is 0 Å². The molecule has 1 heterocycles. The van der Waals surface area contributed by atoms with Crippen molar-refractivity contribution in [2.45, 2.75) is 43.5 Å². The molecule has 0 aromatic heterocycles. The van der Waals surface area contributed by atoms with E-state index in [2.05, 4.69) is 12.2 Å². The lowest BCUT2D eigenvalue weighted by molar-refractivity contribution is -0.114. The van der Waals surface area contributed by atoms with Gasteiger partial charge in [-0.15, -0.1) is 0 Å². The number of carbonyl (C=O) groups excluding carboxylic acids is 2. The summed E-state index contributed by atoms with van der Waals surface area (Å²) in [6.45, 7) is 2.18. The standard InChI is InChI=1S/C24H25FN2O2S/c1-15-7-3-6-10-19(15)26-23(28)17-11-12-21-20(13-17)27(2)24(29)22(30-21)14-16-8-4-5-9-18(16)25/h4-5,8-9,11-15,19H,3,6-7,10H2,1-2H3,(H,26,28)/b22-14-/t15-,19-/m1/s1. The number of carbonyl (C=O) groups is 2. The number of anilines is 1. The number of likely N-dealkylation sites (N-methyl/N-ethyl adjacent to an activating group) is 1. The number of benzene rings is 2. The molecule has 1 aliphatic heterocycles. The first-order valence-electron chi connectivity index (χ1n) is 10.3. The first-order valence-corrected chi connectivity index (χ1v) is 11.1. The third-order valence-electron chi connectivity index (χ3n) is 5.94. The number of rotatable bonds is 3. The summed E-state index contributed by atoms with van der Waals surface area (Å²) in [6, 6.07) is 12.0. The summed E-state index contributed by atoms with van der Waals surface area (Å²) in [5.41, 5.74) is 1.62. The van der Waals surface area contributed by atoms with Crippen molar-refractivity contribution < 1.29 is 14.0 Å². The largest absolute Gasteiger partial charge is 0.349 e. The van der Waals surface area contributed by atoms with E-state index in [1.807, 2.05) is 6.07 Å². The van der Waals surface area contributed by atoms with Gasteiger partial charge in [-0.05, 0) is 49.1 Å². The van der Waals surface area contributed by atoms with E-state index in [1.165, 1.54) is 29.1 Å². The van der Waals surface area contributed by atoms with Crippen LogP contribution in [0.4, 0.5) is 10.1 Å². The second-order valence-electron chi connectivity index (χ2n) is 8.02. The van der Waals surface area contributed by atoms with Crippen molar-refractivity contribution in [1.29, 1.82) is 0 Å². The summed E-state index contributed by atoms with van der Waals surface area (Å²) in [7, 11) is 1.68. The van der Waals surface area contributed by atoms with E-state index in [4.69, 9.17) is 0 Å². The van der Waals surface area contributed by atoms with Crippen molar-refractivity contribution in [3.05, 3.63) is 64.3 Å². The van der Waals surface area contributed by atoms with Gasteiger partial charge in [-0.3, -0.25) is 9.59 Å². The number of hydrogen-bond acceptors (Lipinski definition) is 3. The Labute approximate surface area is 180 Å². The van der Waals surface area contributed by atoms with Gasteiger partial charge in [-0.1, -0.05) is 49.7 Å². The van der Waals surface area contributed by atoms with Crippen molar-refractivity contribution >= 4 is 35.3 Å². The van der Waals surface area contributed by atoms with Crippen molar-refractivity contribution in [1.82, 2.24) is 5.32 Å². The number of nitrogens with one attached hydrogen (secondary N) is 1. The van der Waals surface area contributed by atoms with Gasteiger partial charge in [0.25, 0.3) is 11.8 Å². The Morgan fingerprint density at radius 3 is 2.73 bits per heavy atom. The zero-order chi connectivity index (χ0) is 21.3. The zero-order valence-electron chi connectivity index (χ0n) is 17.2. The quantitative estimate of drug-likeness (QED) is 0.685. The van der Waals surface area contributed by atoms with Crippen LogP contribution in [-0.4, -0.2) is 24.9 Å². The maximum absolute atomic E-state index is 14.0. The predicted octanol–water partition coefficient (Wildman–Crippen LogP) is 5.24. The highest BCUT2D eigenvalue weighted by molar-refractivity contribution is 8.04. The van der Waals surface area contributed by atoms with Crippen LogP contribution in [0.25, 0.3) is 6.08 Å². The second-order valence-corrected chi connectivity index (χ2v) is 9.10. The van der Waals surface area contributed by atoms with Gasteiger partial charge in [-0.2, -0.15) is 0 Å². The SMILES string of the molecule is C[C@@H]1CCCC[C@H]1NC(=O)c1ccc2c(c1)N(C)C(=O)/C(=C/c1ccccc1F)S2. The second kappa shape index (κ2) is 8.64. The van der Waals surface area contributed by atoms with Gasteiger partial charge in [0.15, 0.2) is 0 Å². The highest BCUT2D eigenvalue weighted by Gasteiger charge is 2.28. The molecule has 0 saturated heterocycles. The highest BCUT2D eigenvalue weighted by Crippen LogP contribution is 2.42. The molecule has 4 nitrogen and oxygen atoms in total. The fourth-order valence-corrected chi connectivity index (χ4v) is 5.13. The maximum atomic E-state index is 14.0. The van der Waals surface area contributed by atoms with Gasteiger partial charge in [0.05, 0.1) is 10.6 Å². The molecule has 0 radical (unpaired) electrons. The average Bonchev–Trinajstić information content (AvgIpc) is 2.74.